The molecule has 2 aromatic carbocycles. The topological polar surface area (TPSA) is 50.4 Å². The lowest BCUT2D eigenvalue weighted by Gasteiger charge is -2.28. The molecular weight excluding hydrogens is 416 g/mol. The van der Waals surface area contributed by atoms with Gasteiger partial charge in [0.05, 0.1) is 5.70 Å². The molecule has 0 spiro atoms. The third kappa shape index (κ3) is 3.57. The summed E-state index contributed by atoms with van der Waals surface area (Å²) in [6.45, 7) is 1.69. The first kappa shape index (κ1) is 20.5. The number of hydrogen-bond donors (Lipinski definition) is 2. The monoisotopic (exact) mass is 430 g/mol. The molecule has 0 saturated heterocycles. The molecule has 1 atom stereocenters. The van der Waals surface area contributed by atoms with Gasteiger partial charge in [-0.2, -0.15) is 13.2 Å². The van der Waals surface area contributed by atoms with Crippen LogP contribution in [0.15, 0.2) is 42.5 Å². The highest BCUT2D eigenvalue weighted by atomic mass is 35.5. The van der Waals surface area contributed by atoms with Crippen molar-refractivity contribution in [1.82, 2.24) is 10.8 Å². The Morgan fingerprint density at radius 1 is 1.14 bits per heavy atom. The average molecular weight is 431 g/mol. The van der Waals surface area contributed by atoms with Gasteiger partial charge in [-0.25, -0.2) is 0 Å². The molecule has 1 unspecified atom stereocenters. The van der Waals surface area contributed by atoms with Crippen molar-refractivity contribution >= 4 is 34.8 Å². The molecule has 1 heterocycles. The third-order valence-corrected chi connectivity index (χ3v) is 4.83. The fourth-order valence-corrected chi connectivity index (χ4v) is 3.50. The van der Waals surface area contributed by atoms with Gasteiger partial charge < -0.3 is 5.32 Å². The summed E-state index contributed by atoms with van der Waals surface area (Å²) >= 11 is 11.8. The van der Waals surface area contributed by atoms with E-state index in [0.717, 1.165) is 18.2 Å². The van der Waals surface area contributed by atoms with Gasteiger partial charge in [0.25, 0.3) is 5.91 Å². The predicted molar refractivity (Wildman–Crippen MR) is 101 cm³/mol. The van der Waals surface area contributed by atoms with E-state index in [1.54, 1.807) is 13.0 Å². The normalized spacial score (nSPS) is 19.2. The molecule has 28 heavy (non-hydrogen) atoms. The second-order valence-electron chi connectivity index (χ2n) is 6.26. The molecule has 148 valence electrons. The number of aryl methyl sites for hydroxylation is 1. The maximum atomic E-state index is 14.0. The highest BCUT2D eigenvalue weighted by Gasteiger charge is 2.59. The number of halogens is 5. The average Bonchev–Trinajstić information content (AvgIpc) is 3.07. The second-order valence-corrected chi connectivity index (χ2v) is 7.14. The summed E-state index contributed by atoms with van der Waals surface area (Å²) in [5.74, 6) is -0.285. The minimum absolute atomic E-state index is 0.0577. The van der Waals surface area contributed by atoms with E-state index in [4.69, 9.17) is 28.0 Å². The molecule has 0 aromatic heterocycles. The van der Waals surface area contributed by atoms with Crippen molar-refractivity contribution in [1.29, 1.82) is 0 Å². The summed E-state index contributed by atoms with van der Waals surface area (Å²) < 4.78 is 42.0. The minimum atomic E-state index is -4.78. The molecule has 0 radical (unpaired) electrons. The molecule has 1 amide bonds. The standard InChI is InChI=1S/C19H15Cl2F3N2O2/c1-10-5-11(3-4-15(10)17(27)25-2)16-9-18(28-26-16,19(22,23)24)12-6-13(20)8-14(21)7-12/h3-9,26H,1-2H3,(H,25,27). The van der Waals surface area contributed by atoms with Gasteiger partial charge >= 0.3 is 6.18 Å². The Labute approximate surface area is 169 Å². The zero-order valence-electron chi connectivity index (χ0n) is 14.7. The molecule has 1 aliphatic heterocycles. The van der Waals surface area contributed by atoms with Gasteiger partial charge in [-0.05, 0) is 54.5 Å². The zero-order valence-corrected chi connectivity index (χ0v) is 16.3. The Morgan fingerprint density at radius 3 is 2.32 bits per heavy atom. The Kier molecular flexibility index (Phi) is 5.36. The predicted octanol–water partition coefficient (Wildman–Crippen LogP) is 4.99. The van der Waals surface area contributed by atoms with Crippen LogP contribution in [0.3, 0.4) is 0 Å². The lowest BCUT2D eigenvalue weighted by Crippen LogP contribution is -2.42. The summed E-state index contributed by atoms with van der Waals surface area (Å²) in [5, 5.41) is 2.62. The van der Waals surface area contributed by atoms with Crippen LogP contribution in [0.5, 0.6) is 0 Å². The molecule has 0 fully saturated rings. The summed E-state index contributed by atoms with van der Waals surface area (Å²) in [6.07, 6.45) is -3.85. The number of hydroxylamine groups is 1. The van der Waals surface area contributed by atoms with Crippen LogP contribution >= 0.6 is 23.2 Å². The highest BCUT2D eigenvalue weighted by Crippen LogP contribution is 2.48. The van der Waals surface area contributed by atoms with E-state index < -0.39 is 11.8 Å². The molecule has 2 aromatic rings. The number of nitrogens with one attached hydrogen (secondary N) is 2. The summed E-state index contributed by atoms with van der Waals surface area (Å²) in [4.78, 5) is 16.9. The van der Waals surface area contributed by atoms with Gasteiger partial charge in [-0.3, -0.25) is 15.1 Å². The quantitative estimate of drug-likeness (QED) is 0.720. The molecule has 0 aliphatic carbocycles. The van der Waals surface area contributed by atoms with Crippen molar-refractivity contribution < 1.29 is 22.8 Å². The zero-order chi connectivity index (χ0) is 20.7. The third-order valence-electron chi connectivity index (χ3n) is 4.39. The van der Waals surface area contributed by atoms with E-state index in [-0.39, 0.29) is 27.2 Å². The number of amides is 1. The van der Waals surface area contributed by atoms with Gasteiger partial charge in [0, 0.05) is 28.2 Å². The van der Waals surface area contributed by atoms with Gasteiger partial charge in [-0.15, -0.1) is 0 Å². The lowest BCUT2D eigenvalue weighted by molar-refractivity contribution is -0.269. The van der Waals surface area contributed by atoms with Crippen LogP contribution in [0.1, 0.15) is 27.0 Å². The van der Waals surface area contributed by atoms with Crippen molar-refractivity contribution in [3.63, 3.8) is 0 Å². The van der Waals surface area contributed by atoms with Crippen molar-refractivity contribution in [2.24, 2.45) is 0 Å². The SMILES string of the molecule is CNC(=O)c1ccc(C2=CC(c3cc(Cl)cc(Cl)c3)(C(F)(F)F)ON2)cc1C. The number of hydrogen-bond acceptors (Lipinski definition) is 3. The molecule has 0 bridgehead atoms. The molecule has 9 heteroatoms. The number of carbonyl (C=O) groups excluding carboxylic acids is 1. The van der Waals surface area contributed by atoms with Crippen molar-refractivity contribution in [2.45, 2.75) is 18.7 Å². The highest BCUT2D eigenvalue weighted by molar-refractivity contribution is 6.34. The van der Waals surface area contributed by atoms with E-state index >= 15 is 0 Å². The molecule has 2 N–H and O–H groups in total. The molecule has 3 rings (SSSR count). The van der Waals surface area contributed by atoms with Gasteiger partial charge in [0.1, 0.15) is 0 Å². The van der Waals surface area contributed by atoms with Crippen molar-refractivity contribution in [3.05, 3.63) is 74.8 Å². The first-order valence-electron chi connectivity index (χ1n) is 8.10. The Hall–Kier alpha value is -2.22. The summed E-state index contributed by atoms with van der Waals surface area (Å²) in [7, 11) is 1.50. The summed E-state index contributed by atoms with van der Waals surface area (Å²) in [6, 6.07) is 8.33. The largest absolute Gasteiger partial charge is 0.428 e. The van der Waals surface area contributed by atoms with Gasteiger partial charge in [0.2, 0.25) is 5.60 Å². The maximum Gasteiger partial charge on any atom is 0.428 e. The Balaban J connectivity index is 2.10. The first-order chi connectivity index (χ1) is 13.1. The molecule has 4 nitrogen and oxygen atoms in total. The van der Waals surface area contributed by atoms with E-state index in [0.29, 0.717) is 16.7 Å². The number of alkyl halides is 3. The van der Waals surface area contributed by atoms with Crippen LogP contribution in [-0.4, -0.2) is 19.1 Å². The second kappa shape index (κ2) is 7.31. The molecule has 0 saturated carbocycles. The van der Waals surface area contributed by atoms with E-state index in [1.165, 1.54) is 25.2 Å². The number of benzene rings is 2. The van der Waals surface area contributed by atoms with Crippen LogP contribution in [0.2, 0.25) is 10.0 Å². The van der Waals surface area contributed by atoms with Crippen molar-refractivity contribution in [3.8, 4) is 0 Å². The van der Waals surface area contributed by atoms with Gasteiger partial charge in [-0.1, -0.05) is 29.3 Å². The molecular formula is C19H15Cl2F3N2O2. The smallest absolute Gasteiger partial charge is 0.355 e. The van der Waals surface area contributed by atoms with Crippen molar-refractivity contribution in [2.75, 3.05) is 7.05 Å². The maximum absolute atomic E-state index is 14.0. The first-order valence-corrected chi connectivity index (χ1v) is 8.86. The minimum Gasteiger partial charge on any atom is -0.355 e. The van der Waals surface area contributed by atoms with E-state index in [2.05, 4.69) is 10.8 Å². The van der Waals surface area contributed by atoms with Gasteiger partial charge in [0.15, 0.2) is 0 Å². The fraction of sp³-hybridized carbons (Fsp3) is 0.211. The van der Waals surface area contributed by atoms with Crippen LogP contribution in [0, 0.1) is 6.92 Å². The van der Waals surface area contributed by atoms with E-state index in [9.17, 15) is 18.0 Å². The lowest BCUT2D eigenvalue weighted by atomic mass is 9.91. The van der Waals surface area contributed by atoms with Crippen LogP contribution < -0.4 is 10.8 Å². The molecule has 1 aliphatic rings. The Bertz CT molecular complexity index is 956. The number of carbonyl (C=O) groups is 1. The van der Waals surface area contributed by atoms with Crippen LogP contribution in [0.4, 0.5) is 13.2 Å². The number of rotatable bonds is 3. The van der Waals surface area contributed by atoms with E-state index in [1.807, 2.05) is 0 Å². The fourth-order valence-electron chi connectivity index (χ4n) is 2.97. The Morgan fingerprint density at radius 2 is 1.79 bits per heavy atom. The van der Waals surface area contributed by atoms with Crippen LogP contribution in [0.25, 0.3) is 5.70 Å². The summed E-state index contributed by atoms with van der Waals surface area (Å²) in [5.41, 5.74) is 0.919. The van der Waals surface area contributed by atoms with Crippen LogP contribution in [-0.2, 0) is 10.4 Å².